The average Bonchev–Trinajstić information content (AvgIpc) is 1.82. The predicted molar refractivity (Wildman–Crippen MR) is 39.7 cm³/mol. The number of carboxylic acids is 1. The van der Waals surface area contributed by atoms with Gasteiger partial charge in [-0.25, -0.2) is 0 Å². The first-order chi connectivity index (χ1) is 5.44. The molecule has 0 aromatic carbocycles. The van der Waals surface area contributed by atoms with E-state index in [1.165, 1.54) is 0 Å². The van der Waals surface area contributed by atoms with Crippen LogP contribution in [0.5, 0.6) is 0 Å². The normalized spacial score (nSPS) is 19.0. The molecule has 0 unspecified atom stereocenters. The fourth-order valence-corrected chi connectivity index (χ4v) is 0.994. The SMILES string of the molecule is O=C([O-])C1(O)N=C(Cl)NC(Cl)=N1.[Na+]. The largest absolute Gasteiger partial charge is 1.00 e. The van der Waals surface area contributed by atoms with Crippen LogP contribution in [0.25, 0.3) is 0 Å². The number of hydrogen-bond donors (Lipinski definition) is 2. The number of amidine groups is 2. The molecule has 13 heavy (non-hydrogen) atoms. The van der Waals surface area contributed by atoms with E-state index in [9.17, 15) is 9.90 Å². The first-order valence-corrected chi connectivity index (χ1v) is 3.41. The second kappa shape index (κ2) is 4.59. The van der Waals surface area contributed by atoms with E-state index in [4.69, 9.17) is 28.3 Å². The number of halogens is 2. The van der Waals surface area contributed by atoms with Crippen LogP contribution < -0.4 is 40.0 Å². The van der Waals surface area contributed by atoms with E-state index in [2.05, 4.69) is 15.3 Å². The van der Waals surface area contributed by atoms with E-state index in [1.807, 2.05) is 0 Å². The number of carbonyl (C=O) groups is 1. The summed E-state index contributed by atoms with van der Waals surface area (Å²) >= 11 is 10.5. The first-order valence-electron chi connectivity index (χ1n) is 2.65. The second-order valence-electron chi connectivity index (χ2n) is 1.85. The third-order valence-corrected chi connectivity index (χ3v) is 1.35. The molecule has 0 radical (unpaired) electrons. The fourth-order valence-electron chi connectivity index (χ4n) is 0.531. The summed E-state index contributed by atoms with van der Waals surface area (Å²) < 4.78 is 0. The van der Waals surface area contributed by atoms with Gasteiger partial charge < -0.3 is 20.3 Å². The predicted octanol–water partition coefficient (Wildman–Crippen LogP) is -4.82. The molecule has 9 heteroatoms. The standard InChI is InChI=1S/C4H3Cl2N3O3.Na/c5-2-7-3(6)9-4(12,8-2)1(10)11;/h12H,(H,10,11)(H,7,8,9);/q;+1/p-1. The number of aliphatic imine (C=N–C) groups is 2. The summed E-state index contributed by atoms with van der Waals surface area (Å²) in [7, 11) is 0. The van der Waals surface area contributed by atoms with Crippen LogP contribution in [0, 0.1) is 0 Å². The van der Waals surface area contributed by atoms with Gasteiger partial charge in [0.05, 0.1) is 0 Å². The van der Waals surface area contributed by atoms with E-state index in [-0.39, 0.29) is 40.1 Å². The molecule has 1 aliphatic rings. The molecule has 1 heterocycles. The monoisotopic (exact) mass is 233 g/mol. The number of carboxylic acid groups (broad SMARTS) is 1. The Hall–Kier alpha value is 0.150. The van der Waals surface area contributed by atoms with Gasteiger partial charge in [0.1, 0.15) is 5.97 Å². The average molecular weight is 234 g/mol. The number of hydrogen-bond acceptors (Lipinski definition) is 6. The van der Waals surface area contributed by atoms with Crippen molar-refractivity contribution in [3.63, 3.8) is 0 Å². The molecule has 0 atom stereocenters. The topological polar surface area (TPSA) is 97.1 Å². The summed E-state index contributed by atoms with van der Waals surface area (Å²) in [5.41, 5.74) is 0. The molecule has 0 aromatic heterocycles. The summed E-state index contributed by atoms with van der Waals surface area (Å²) in [5.74, 6) is -4.63. The molecule has 66 valence electrons. The van der Waals surface area contributed by atoms with Crippen molar-refractivity contribution in [2.24, 2.45) is 9.98 Å². The van der Waals surface area contributed by atoms with Gasteiger partial charge in [-0.05, 0) is 23.2 Å². The van der Waals surface area contributed by atoms with Crippen LogP contribution in [-0.2, 0) is 4.79 Å². The Labute approximate surface area is 105 Å². The molecule has 0 bridgehead atoms. The third-order valence-electron chi connectivity index (χ3n) is 0.988. The van der Waals surface area contributed by atoms with Crippen LogP contribution in [0.2, 0.25) is 0 Å². The maximum Gasteiger partial charge on any atom is 1.00 e. The summed E-state index contributed by atoms with van der Waals surface area (Å²) in [6, 6.07) is 0. The van der Waals surface area contributed by atoms with E-state index in [0.29, 0.717) is 0 Å². The van der Waals surface area contributed by atoms with Gasteiger partial charge in [0.15, 0.2) is 0 Å². The van der Waals surface area contributed by atoms with Crippen LogP contribution >= 0.6 is 23.2 Å². The first kappa shape index (κ1) is 13.2. The fraction of sp³-hybridized carbons (Fsp3) is 0.250. The quantitative estimate of drug-likeness (QED) is 0.351. The van der Waals surface area contributed by atoms with Crippen molar-refractivity contribution in [3.05, 3.63) is 0 Å². The van der Waals surface area contributed by atoms with E-state index in [1.54, 1.807) is 0 Å². The van der Waals surface area contributed by atoms with Crippen molar-refractivity contribution >= 4 is 39.8 Å². The van der Waals surface area contributed by atoms with Crippen molar-refractivity contribution in [3.8, 4) is 0 Å². The van der Waals surface area contributed by atoms with Crippen LogP contribution in [-0.4, -0.2) is 27.5 Å². The molecule has 1 rings (SSSR count). The van der Waals surface area contributed by atoms with Crippen molar-refractivity contribution in [1.82, 2.24) is 5.32 Å². The molecule has 0 aliphatic carbocycles. The smallest absolute Gasteiger partial charge is 0.543 e. The van der Waals surface area contributed by atoms with Gasteiger partial charge in [-0.2, -0.15) is 9.98 Å². The minimum Gasteiger partial charge on any atom is -0.543 e. The van der Waals surface area contributed by atoms with Gasteiger partial charge in [-0.3, -0.25) is 0 Å². The van der Waals surface area contributed by atoms with Gasteiger partial charge in [-0.1, -0.05) is 0 Å². The van der Waals surface area contributed by atoms with Gasteiger partial charge in [0, 0.05) is 0 Å². The zero-order valence-corrected chi connectivity index (χ0v) is 9.93. The molecule has 0 saturated carbocycles. The number of nitrogens with one attached hydrogen (secondary N) is 1. The van der Waals surface area contributed by atoms with Crippen LogP contribution in [0.15, 0.2) is 9.98 Å². The summed E-state index contributed by atoms with van der Waals surface area (Å²) in [4.78, 5) is 16.4. The van der Waals surface area contributed by atoms with Crippen molar-refractivity contribution in [2.45, 2.75) is 5.85 Å². The minimum atomic E-state index is -2.72. The third kappa shape index (κ3) is 3.08. The number of aliphatic hydroxyl groups is 1. The molecule has 0 aromatic rings. The zero-order chi connectivity index (χ0) is 9.35. The molecule has 1 aliphatic heterocycles. The molecule has 0 spiro atoms. The number of aliphatic carboxylic acids is 1. The van der Waals surface area contributed by atoms with Crippen LogP contribution in [0.1, 0.15) is 0 Å². The summed E-state index contributed by atoms with van der Waals surface area (Å²) in [6.07, 6.45) is 0. The van der Waals surface area contributed by atoms with Gasteiger partial charge in [-0.15, -0.1) is 0 Å². The van der Waals surface area contributed by atoms with Crippen LogP contribution in [0.4, 0.5) is 0 Å². The molecule has 0 saturated heterocycles. The minimum absolute atomic E-state index is 0. The molecule has 2 N–H and O–H groups in total. The molecular weight excluding hydrogens is 232 g/mol. The van der Waals surface area contributed by atoms with E-state index < -0.39 is 11.8 Å². The maximum atomic E-state index is 10.2. The van der Waals surface area contributed by atoms with E-state index in [0.717, 1.165) is 0 Å². The molecular formula is C4H2Cl2N3NaO3. The Bertz CT molecular complexity index is 274. The molecule has 0 fully saturated rings. The zero-order valence-electron chi connectivity index (χ0n) is 6.41. The van der Waals surface area contributed by atoms with Crippen molar-refractivity contribution in [1.29, 1.82) is 0 Å². The van der Waals surface area contributed by atoms with Gasteiger partial charge in [0.25, 0.3) is 0 Å². The van der Waals surface area contributed by atoms with Crippen molar-refractivity contribution in [2.75, 3.05) is 0 Å². The molecule has 6 nitrogen and oxygen atoms in total. The van der Waals surface area contributed by atoms with Gasteiger partial charge >= 0.3 is 35.4 Å². The Balaban J connectivity index is 0.00000144. The Kier molecular flexibility index (Phi) is 4.64. The van der Waals surface area contributed by atoms with Gasteiger partial charge in [0.2, 0.25) is 10.6 Å². The summed E-state index contributed by atoms with van der Waals surface area (Å²) in [6.45, 7) is 0. The van der Waals surface area contributed by atoms with Crippen LogP contribution in [0.3, 0.4) is 0 Å². The Morgan fingerprint density at radius 1 is 1.46 bits per heavy atom. The number of carbonyl (C=O) groups excluding carboxylic acids is 1. The van der Waals surface area contributed by atoms with E-state index >= 15 is 0 Å². The Morgan fingerprint density at radius 2 is 1.85 bits per heavy atom. The van der Waals surface area contributed by atoms with Crippen molar-refractivity contribution < 1.29 is 44.6 Å². The number of nitrogens with zero attached hydrogens (tertiary/aromatic N) is 2. The second-order valence-corrected chi connectivity index (χ2v) is 2.57. The maximum absolute atomic E-state index is 10.2. The number of rotatable bonds is 1. The summed E-state index contributed by atoms with van der Waals surface area (Å²) in [5, 5.41) is 20.7. The Morgan fingerprint density at radius 3 is 2.15 bits per heavy atom. The molecule has 0 amide bonds.